The second-order valence-corrected chi connectivity index (χ2v) is 4.47. The molecule has 0 aliphatic rings. The monoisotopic (exact) mass is 266 g/mol. The van der Waals surface area contributed by atoms with Gasteiger partial charge in [-0.25, -0.2) is 0 Å². The number of ether oxygens (including phenoxy) is 1. The van der Waals surface area contributed by atoms with Crippen molar-refractivity contribution in [3.05, 3.63) is 60.1 Å². The Morgan fingerprint density at radius 1 is 1.00 bits per heavy atom. The Balaban J connectivity index is 2.03. The molecule has 4 heteroatoms. The summed E-state index contributed by atoms with van der Waals surface area (Å²) in [6.07, 6.45) is 1.74. The van der Waals surface area contributed by atoms with E-state index >= 15 is 0 Å². The lowest BCUT2D eigenvalue weighted by Crippen LogP contribution is -1.91. The van der Waals surface area contributed by atoms with Crippen LogP contribution < -0.4 is 4.74 Å². The van der Waals surface area contributed by atoms with E-state index in [0.29, 0.717) is 23.0 Å². The van der Waals surface area contributed by atoms with Gasteiger partial charge in [-0.1, -0.05) is 35.5 Å². The van der Waals surface area contributed by atoms with Crippen molar-refractivity contribution in [2.45, 2.75) is 13.8 Å². The molecule has 0 saturated carbocycles. The molecule has 0 N–H and O–H groups in total. The van der Waals surface area contributed by atoms with Crippen molar-refractivity contribution in [3.63, 3.8) is 0 Å². The van der Waals surface area contributed by atoms with Gasteiger partial charge in [0.05, 0.1) is 5.69 Å². The fourth-order valence-electron chi connectivity index (χ4n) is 1.95. The third-order valence-electron chi connectivity index (χ3n) is 3.03. The standard InChI is InChI=1S/C16H14N2O2/c1-11-14(9-6-10-17-11)19-16-12(2)20-18-15(16)13-7-4-3-5-8-13/h3-10H,1-2H3. The Morgan fingerprint density at radius 3 is 2.55 bits per heavy atom. The van der Waals surface area contributed by atoms with Crippen molar-refractivity contribution in [2.24, 2.45) is 0 Å². The van der Waals surface area contributed by atoms with Crippen LogP contribution >= 0.6 is 0 Å². The van der Waals surface area contributed by atoms with E-state index in [1.165, 1.54) is 0 Å². The summed E-state index contributed by atoms with van der Waals surface area (Å²) in [4.78, 5) is 4.22. The molecule has 0 aliphatic heterocycles. The van der Waals surface area contributed by atoms with Crippen LogP contribution in [-0.4, -0.2) is 10.1 Å². The molecule has 2 heterocycles. The zero-order valence-electron chi connectivity index (χ0n) is 11.3. The van der Waals surface area contributed by atoms with E-state index in [4.69, 9.17) is 9.26 Å². The van der Waals surface area contributed by atoms with Gasteiger partial charge in [-0.2, -0.15) is 0 Å². The van der Waals surface area contributed by atoms with Crippen LogP contribution in [0.15, 0.2) is 53.2 Å². The first-order valence-electron chi connectivity index (χ1n) is 6.37. The lowest BCUT2D eigenvalue weighted by Gasteiger charge is -2.07. The highest BCUT2D eigenvalue weighted by molar-refractivity contribution is 5.67. The molecular formula is C16H14N2O2. The summed E-state index contributed by atoms with van der Waals surface area (Å²) in [6.45, 7) is 3.74. The molecule has 0 unspecified atom stereocenters. The first-order chi connectivity index (χ1) is 9.75. The number of hydrogen-bond acceptors (Lipinski definition) is 4. The summed E-state index contributed by atoms with van der Waals surface area (Å²) < 4.78 is 11.2. The summed E-state index contributed by atoms with van der Waals surface area (Å²) >= 11 is 0. The van der Waals surface area contributed by atoms with Gasteiger partial charge in [-0.15, -0.1) is 0 Å². The largest absolute Gasteiger partial charge is 0.449 e. The summed E-state index contributed by atoms with van der Waals surface area (Å²) in [7, 11) is 0. The number of hydrogen-bond donors (Lipinski definition) is 0. The van der Waals surface area contributed by atoms with Crippen LogP contribution in [0.3, 0.4) is 0 Å². The van der Waals surface area contributed by atoms with Gasteiger partial charge in [0.15, 0.2) is 17.2 Å². The van der Waals surface area contributed by atoms with Crippen LogP contribution in [0.4, 0.5) is 0 Å². The van der Waals surface area contributed by atoms with Crippen LogP contribution in [0.5, 0.6) is 11.5 Å². The van der Waals surface area contributed by atoms with Crippen molar-refractivity contribution in [3.8, 4) is 22.8 Å². The number of nitrogens with zero attached hydrogens (tertiary/aromatic N) is 2. The molecule has 100 valence electrons. The quantitative estimate of drug-likeness (QED) is 0.714. The zero-order chi connectivity index (χ0) is 13.9. The highest BCUT2D eigenvalue weighted by atomic mass is 16.5. The highest BCUT2D eigenvalue weighted by Gasteiger charge is 2.17. The maximum Gasteiger partial charge on any atom is 0.197 e. The molecule has 0 radical (unpaired) electrons. The molecule has 0 fully saturated rings. The second-order valence-electron chi connectivity index (χ2n) is 4.47. The van der Waals surface area contributed by atoms with Gasteiger partial charge in [-0.3, -0.25) is 4.98 Å². The lowest BCUT2D eigenvalue weighted by atomic mass is 10.1. The SMILES string of the molecule is Cc1ncccc1Oc1c(-c2ccccc2)noc1C. The molecule has 0 atom stereocenters. The molecule has 3 aromatic rings. The lowest BCUT2D eigenvalue weighted by molar-refractivity contribution is 0.386. The number of aromatic nitrogens is 2. The average molecular weight is 266 g/mol. The van der Waals surface area contributed by atoms with Crippen LogP contribution in [0, 0.1) is 13.8 Å². The number of benzene rings is 1. The fourth-order valence-corrected chi connectivity index (χ4v) is 1.95. The van der Waals surface area contributed by atoms with Gasteiger partial charge >= 0.3 is 0 Å². The molecule has 4 nitrogen and oxygen atoms in total. The Morgan fingerprint density at radius 2 is 1.80 bits per heavy atom. The van der Waals surface area contributed by atoms with Gasteiger partial charge < -0.3 is 9.26 Å². The van der Waals surface area contributed by atoms with Crippen molar-refractivity contribution in [2.75, 3.05) is 0 Å². The van der Waals surface area contributed by atoms with E-state index in [2.05, 4.69) is 10.1 Å². The van der Waals surface area contributed by atoms with Crippen molar-refractivity contribution >= 4 is 0 Å². The van der Waals surface area contributed by atoms with Gasteiger partial charge in [0.25, 0.3) is 0 Å². The third kappa shape index (κ3) is 2.28. The van der Waals surface area contributed by atoms with Crippen LogP contribution in [0.2, 0.25) is 0 Å². The zero-order valence-corrected chi connectivity index (χ0v) is 11.3. The average Bonchev–Trinajstić information content (AvgIpc) is 2.84. The second kappa shape index (κ2) is 5.17. The van der Waals surface area contributed by atoms with Crippen molar-refractivity contribution < 1.29 is 9.26 Å². The minimum atomic E-state index is 0.632. The van der Waals surface area contributed by atoms with Crippen LogP contribution in [0.25, 0.3) is 11.3 Å². The maximum absolute atomic E-state index is 5.95. The Hall–Kier alpha value is -2.62. The first kappa shape index (κ1) is 12.4. The summed E-state index contributed by atoms with van der Waals surface area (Å²) in [6, 6.07) is 13.5. The maximum atomic E-state index is 5.95. The first-order valence-corrected chi connectivity index (χ1v) is 6.37. The molecule has 1 aromatic carbocycles. The number of rotatable bonds is 3. The predicted octanol–water partition coefficient (Wildman–Crippen LogP) is 4.15. The smallest absolute Gasteiger partial charge is 0.197 e. The summed E-state index contributed by atoms with van der Waals surface area (Å²) in [5.74, 6) is 1.98. The molecule has 0 amide bonds. The molecule has 0 saturated heterocycles. The van der Waals surface area contributed by atoms with E-state index in [1.54, 1.807) is 6.20 Å². The minimum absolute atomic E-state index is 0.632. The van der Waals surface area contributed by atoms with Crippen molar-refractivity contribution in [1.82, 2.24) is 10.1 Å². The van der Waals surface area contributed by atoms with E-state index in [-0.39, 0.29) is 0 Å². The normalized spacial score (nSPS) is 10.5. The molecular weight excluding hydrogens is 252 g/mol. The van der Waals surface area contributed by atoms with Gasteiger partial charge in [0.1, 0.15) is 5.75 Å². The van der Waals surface area contributed by atoms with Crippen LogP contribution in [0.1, 0.15) is 11.5 Å². The summed E-state index contributed by atoms with van der Waals surface area (Å²) in [5, 5.41) is 4.09. The highest BCUT2D eigenvalue weighted by Crippen LogP contribution is 2.35. The van der Waals surface area contributed by atoms with Crippen LogP contribution in [-0.2, 0) is 0 Å². The summed E-state index contributed by atoms with van der Waals surface area (Å²) in [5.41, 5.74) is 2.49. The predicted molar refractivity (Wildman–Crippen MR) is 75.7 cm³/mol. The molecule has 0 spiro atoms. The topological polar surface area (TPSA) is 48.2 Å². The van der Waals surface area contributed by atoms with E-state index in [1.807, 2.05) is 56.3 Å². The fraction of sp³-hybridized carbons (Fsp3) is 0.125. The molecule has 20 heavy (non-hydrogen) atoms. The molecule has 3 rings (SSSR count). The van der Waals surface area contributed by atoms with Gasteiger partial charge in [0.2, 0.25) is 0 Å². The van der Waals surface area contributed by atoms with E-state index in [0.717, 1.165) is 11.3 Å². The third-order valence-corrected chi connectivity index (χ3v) is 3.03. The van der Waals surface area contributed by atoms with E-state index < -0.39 is 0 Å². The van der Waals surface area contributed by atoms with Gasteiger partial charge in [-0.05, 0) is 19.1 Å². The Bertz CT molecular complexity index is 720. The van der Waals surface area contributed by atoms with Gasteiger partial charge in [0, 0.05) is 18.7 Å². The van der Waals surface area contributed by atoms with Crippen molar-refractivity contribution in [1.29, 1.82) is 0 Å². The molecule has 0 bridgehead atoms. The van der Waals surface area contributed by atoms with E-state index in [9.17, 15) is 0 Å². The number of pyridine rings is 1. The molecule has 2 aromatic heterocycles. The molecule has 0 aliphatic carbocycles. The Labute approximate surface area is 117 Å². The minimum Gasteiger partial charge on any atom is -0.449 e. The Kier molecular flexibility index (Phi) is 3.21. The number of aryl methyl sites for hydroxylation is 2.